The number of fused-ring (bicyclic) bond motifs is 1. The van der Waals surface area contributed by atoms with Crippen LogP contribution in [0.1, 0.15) is 11.5 Å². The van der Waals surface area contributed by atoms with Crippen molar-refractivity contribution >= 4 is 26.5 Å². The van der Waals surface area contributed by atoms with Gasteiger partial charge in [-0.3, -0.25) is 14.5 Å². The maximum Gasteiger partial charge on any atom is 0.187 e. The second kappa shape index (κ2) is 8.79. The molecule has 0 saturated heterocycles. The Kier molecular flexibility index (Phi) is 5.75. The Hall–Kier alpha value is -4.19. The van der Waals surface area contributed by atoms with Crippen LogP contribution in [0.2, 0.25) is 0 Å². The molecular formula is C24H19F2N5O4S. The maximum atomic E-state index is 14.9. The molecule has 0 unspecified atom stereocenters. The van der Waals surface area contributed by atoms with E-state index in [1.165, 1.54) is 23.0 Å². The predicted molar refractivity (Wildman–Crippen MR) is 125 cm³/mol. The van der Waals surface area contributed by atoms with E-state index in [-0.39, 0.29) is 17.3 Å². The lowest BCUT2D eigenvalue weighted by atomic mass is 10.2. The van der Waals surface area contributed by atoms with Gasteiger partial charge >= 0.3 is 0 Å². The highest BCUT2D eigenvalue weighted by Gasteiger charge is 2.28. The lowest BCUT2D eigenvalue weighted by molar-refractivity contribution is -0.116. The standard InChI is InChI=1S/C24H19F2N5O4S/c1-14-5-17(29-35-14)8-19(32)13-36(33,34)23-12-31(22-7-16(25)6-20(26)24(22)23)18-3-4-21(27-10-18)15-9-28-30(2)11-15/h3-7,9-12H,8,13H2,1-2H3. The molecule has 12 heteroatoms. The van der Waals surface area contributed by atoms with Crippen LogP contribution in [0.3, 0.4) is 0 Å². The van der Waals surface area contributed by atoms with Gasteiger partial charge in [0, 0.05) is 37.1 Å². The molecule has 1 aromatic carbocycles. The zero-order valence-corrected chi connectivity index (χ0v) is 20.0. The summed E-state index contributed by atoms with van der Waals surface area (Å²) in [6.07, 6.45) is 5.79. The largest absolute Gasteiger partial charge is 0.361 e. The molecule has 184 valence electrons. The summed E-state index contributed by atoms with van der Waals surface area (Å²) >= 11 is 0. The van der Waals surface area contributed by atoms with Gasteiger partial charge < -0.3 is 9.09 Å². The molecule has 9 nitrogen and oxygen atoms in total. The third-order valence-electron chi connectivity index (χ3n) is 5.55. The number of carbonyl (C=O) groups is 1. The summed E-state index contributed by atoms with van der Waals surface area (Å²) in [7, 11) is -2.52. The molecule has 0 spiro atoms. The fourth-order valence-corrected chi connectivity index (χ4v) is 5.45. The van der Waals surface area contributed by atoms with Crippen LogP contribution in [0.5, 0.6) is 0 Å². The molecule has 5 aromatic rings. The van der Waals surface area contributed by atoms with Crippen LogP contribution in [0, 0.1) is 18.6 Å². The van der Waals surface area contributed by atoms with Crippen molar-refractivity contribution in [1.29, 1.82) is 0 Å². The first kappa shape index (κ1) is 23.5. The van der Waals surface area contributed by atoms with Gasteiger partial charge in [-0.05, 0) is 25.1 Å². The first-order valence-electron chi connectivity index (χ1n) is 10.7. The molecule has 4 aromatic heterocycles. The Morgan fingerprint density at radius 1 is 1.11 bits per heavy atom. The van der Waals surface area contributed by atoms with E-state index in [1.807, 2.05) is 0 Å². The number of hydrogen-bond acceptors (Lipinski definition) is 7. The van der Waals surface area contributed by atoms with Crippen molar-refractivity contribution in [3.63, 3.8) is 0 Å². The Balaban J connectivity index is 1.55. The lowest BCUT2D eigenvalue weighted by Crippen LogP contribution is -2.18. The maximum absolute atomic E-state index is 14.9. The molecule has 0 aliphatic heterocycles. The summed E-state index contributed by atoms with van der Waals surface area (Å²) in [5.74, 6) is -2.97. The Labute approximate surface area is 203 Å². The van der Waals surface area contributed by atoms with E-state index >= 15 is 0 Å². The topological polar surface area (TPSA) is 113 Å². The molecule has 0 N–H and O–H groups in total. The van der Waals surface area contributed by atoms with E-state index in [9.17, 15) is 22.0 Å². The minimum Gasteiger partial charge on any atom is -0.361 e. The first-order valence-corrected chi connectivity index (χ1v) is 12.4. The number of pyridine rings is 1. The van der Waals surface area contributed by atoms with Gasteiger partial charge in [0.05, 0.1) is 51.7 Å². The van der Waals surface area contributed by atoms with Crippen LogP contribution in [0.4, 0.5) is 8.78 Å². The number of carbonyl (C=O) groups excluding carboxylic acids is 1. The highest BCUT2D eigenvalue weighted by molar-refractivity contribution is 7.92. The van der Waals surface area contributed by atoms with Crippen molar-refractivity contribution in [3.05, 3.63) is 78.2 Å². The molecular weight excluding hydrogens is 492 g/mol. The van der Waals surface area contributed by atoms with Crippen LogP contribution >= 0.6 is 0 Å². The number of halogens is 2. The molecule has 0 aliphatic carbocycles. The van der Waals surface area contributed by atoms with E-state index < -0.39 is 37.9 Å². The fourth-order valence-electron chi connectivity index (χ4n) is 3.99. The van der Waals surface area contributed by atoms with Crippen LogP contribution in [-0.4, -0.2) is 44.4 Å². The third kappa shape index (κ3) is 4.42. The van der Waals surface area contributed by atoms with Crippen molar-refractivity contribution in [3.8, 4) is 16.9 Å². The molecule has 4 heterocycles. The second-order valence-electron chi connectivity index (χ2n) is 8.35. The Morgan fingerprint density at radius 2 is 1.92 bits per heavy atom. The summed E-state index contributed by atoms with van der Waals surface area (Å²) < 4.78 is 63.3. The summed E-state index contributed by atoms with van der Waals surface area (Å²) in [5, 5.41) is 7.49. The second-order valence-corrected chi connectivity index (χ2v) is 10.3. The molecule has 36 heavy (non-hydrogen) atoms. The molecule has 0 saturated carbocycles. The molecule has 0 aliphatic rings. The number of ketones is 1. The van der Waals surface area contributed by atoms with E-state index in [1.54, 1.807) is 43.2 Å². The van der Waals surface area contributed by atoms with Crippen LogP contribution in [0.25, 0.3) is 27.8 Å². The Bertz CT molecular complexity index is 1720. The average Bonchev–Trinajstić information content (AvgIpc) is 3.52. The SMILES string of the molecule is Cc1cc(CC(=O)CS(=O)(=O)c2cn(-c3ccc(-c4cnn(C)c4)nc3)c3cc(F)cc(F)c23)no1. The number of aromatic nitrogens is 5. The molecule has 5 rings (SSSR count). The summed E-state index contributed by atoms with van der Waals surface area (Å²) in [4.78, 5) is 16.5. The fraction of sp³-hybridized carbons (Fsp3) is 0.167. The zero-order valence-electron chi connectivity index (χ0n) is 19.1. The number of nitrogens with zero attached hydrogens (tertiary/aromatic N) is 5. The van der Waals surface area contributed by atoms with E-state index in [0.717, 1.165) is 11.6 Å². The van der Waals surface area contributed by atoms with Crippen LogP contribution in [-0.2, 0) is 28.1 Å². The van der Waals surface area contributed by atoms with Crippen molar-refractivity contribution in [2.45, 2.75) is 18.2 Å². The molecule has 0 amide bonds. The Morgan fingerprint density at radius 3 is 2.56 bits per heavy atom. The first-order chi connectivity index (χ1) is 17.1. The smallest absolute Gasteiger partial charge is 0.187 e. The lowest BCUT2D eigenvalue weighted by Gasteiger charge is -2.06. The van der Waals surface area contributed by atoms with Crippen molar-refractivity contribution in [2.24, 2.45) is 7.05 Å². The van der Waals surface area contributed by atoms with E-state index in [4.69, 9.17) is 4.52 Å². The number of sulfone groups is 1. The number of hydrogen-bond donors (Lipinski definition) is 0. The quantitative estimate of drug-likeness (QED) is 0.328. The number of Topliss-reactive ketones (excluding diaryl/α,β-unsaturated/α-hetero) is 1. The summed E-state index contributed by atoms with van der Waals surface area (Å²) in [6, 6.07) is 6.50. The zero-order chi connectivity index (χ0) is 25.6. The molecule has 0 atom stereocenters. The van der Waals surface area contributed by atoms with Gasteiger partial charge in [-0.25, -0.2) is 17.2 Å². The van der Waals surface area contributed by atoms with Gasteiger partial charge in [-0.2, -0.15) is 5.10 Å². The van der Waals surface area contributed by atoms with Gasteiger partial charge in [-0.1, -0.05) is 5.16 Å². The molecule has 0 bridgehead atoms. The highest BCUT2D eigenvalue weighted by Crippen LogP contribution is 2.32. The normalized spacial score (nSPS) is 11.9. The number of aryl methyl sites for hydroxylation is 2. The minimum absolute atomic E-state index is 0.0124. The van der Waals surface area contributed by atoms with Gasteiger partial charge in [-0.15, -0.1) is 0 Å². The van der Waals surface area contributed by atoms with E-state index in [0.29, 0.717) is 28.9 Å². The van der Waals surface area contributed by atoms with E-state index in [2.05, 4.69) is 15.2 Å². The summed E-state index contributed by atoms with van der Waals surface area (Å²) in [6.45, 7) is 1.65. The number of benzene rings is 1. The highest BCUT2D eigenvalue weighted by atomic mass is 32.2. The predicted octanol–water partition coefficient (Wildman–Crippen LogP) is 3.59. The van der Waals surface area contributed by atoms with Gasteiger partial charge in [0.25, 0.3) is 0 Å². The molecule has 0 radical (unpaired) electrons. The van der Waals surface area contributed by atoms with Crippen molar-refractivity contribution in [1.82, 2.24) is 24.5 Å². The molecule has 0 fully saturated rings. The minimum atomic E-state index is -4.29. The monoisotopic (exact) mass is 511 g/mol. The van der Waals surface area contributed by atoms with Crippen molar-refractivity contribution in [2.75, 3.05) is 5.75 Å². The number of rotatable bonds is 7. The summed E-state index contributed by atoms with van der Waals surface area (Å²) in [5.41, 5.74) is 2.04. The van der Waals surface area contributed by atoms with Gasteiger partial charge in [0.1, 0.15) is 23.1 Å². The van der Waals surface area contributed by atoms with Crippen molar-refractivity contribution < 1.29 is 26.5 Å². The van der Waals surface area contributed by atoms with Crippen LogP contribution < -0.4 is 0 Å². The average molecular weight is 512 g/mol. The van der Waals surface area contributed by atoms with Crippen LogP contribution in [0.15, 0.2) is 64.5 Å². The van der Waals surface area contributed by atoms with Gasteiger partial charge in [0.2, 0.25) is 0 Å². The van der Waals surface area contributed by atoms with Gasteiger partial charge in [0.15, 0.2) is 15.6 Å². The third-order valence-corrected chi connectivity index (χ3v) is 7.24.